The molecular weight excluding hydrogens is 266 g/mol. The summed E-state index contributed by atoms with van der Waals surface area (Å²) in [4.78, 5) is 7.53. The van der Waals surface area contributed by atoms with Gasteiger partial charge in [0.05, 0.1) is 0 Å². The summed E-state index contributed by atoms with van der Waals surface area (Å²) in [7, 11) is 2.11. The van der Waals surface area contributed by atoms with Gasteiger partial charge in [-0.2, -0.15) is 0 Å². The van der Waals surface area contributed by atoms with Gasteiger partial charge in [0.15, 0.2) is 5.13 Å². The molecule has 2 rings (SSSR count). The zero-order valence-electron chi connectivity index (χ0n) is 10.6. The molecule has 0 amide bonds. The number of nitrogens with zero attached hydrogens (tertiary/aromatic N) is 2. The highest BCUT2D eigenvalue weighted by molar-refractivity contribution is 7.15. The van der Waals surface area contributed by atoms with Gasteiger partial charge in [-0.1, -0.05) is 29.8 Å². The molecule has 0 saturated carbocycles. The molecule has 5 heteroatoms. The maximum Gasteiger partial charge on any atom is 0.180 e. The Labute approximate surface area is 118 Å². The van der Waals surface area contributed by atoms with Gasteiger partial charge in [-0.15, -0.1) is 23.7 Å². The van der Waals surface area contributed by atoms with E-state index in [1.165, 1.54) is 16.0 Å². The number of thiazole rings is 1. The van der Waals surface area contributed by atoms with E-state index in [-0.39, 0.29) is 12.4 Å². The van der Waals surface area contributed by atoms with Crippen LogP contribution >= 0.6 is 23.7 Å². The third-order valence-corrected chi connectivity index (χ3v) is 3.38. The molecule has 0 aliphatic rings. The highest BCUT2D eigenvalue weighted by Gasteiger charge is 2.04. The number of hydrogen-bond donors (Lipinski definition) is 1. The van der Waals surface area contributed by atoms with Gasteiger partial charge in [0.1, 0.15) is 0 Å². The number of aryl methyl sites for hydroxylation is 1. The second kappa shape index (κ2) is 6.73. The zero-order valence-corrected chi connectivity index (χ0v) is 12.2. The first-order valence-electron chi connectivity index (χ1n) is 5.58. The highest BCUT2D eigenvalue weighted by atomic mass is 35.5. The lowest BCUT2D eigenvalue weighted by molar-refractivity contribution is 0.322. The normalized spacial score (nSPS) is 10.4. The minimum absolute atomic E-state index is 0. The van der Waals surface area contributed by atoms with E-state index in [0.717, 1.165) is 13.1 Å². The van der Waals surface area contributed by atoms with Crippen molar-refractivity contribution in [2.24, 2.45) is 0 Å². The van der Waals surface area contributed by atoms with Gasteiger partial charge in [0.25, 0.3) is 0 Å². The van der Waals surface area contributed by atoms with E-state index in [0.29, 0.717) is 5.13 Å². The second-order valence-electron chi connectivity index (χ2n) is 4.32. The predicted molar refractivity (Wildman–Crippen MR) is 80.1 cm³/mol. The van der Waals surface area contributed by atoms with Crippen LogP contribution < -0.4 is 5.73 Å². The molecule has 18 heavy (non-hydrogen) atoms. The Morgan fingerprint density at radius 3 is 2.44 bits per heavy atom. The topological polar surface area (TPSA) is 42.2 Å². The maximum atomic E-state index is 5.61. The average Bonchev–Trinajstić information content (AvgIpc) is 2.67. The molecule has 0 aliphatic heterocycles. The molecule has 1 heterocycles. The molecular formula is C13H18ClN3S. The minimum Gasteiger partial charge on any atom is -0.375 e. The van der Waals surface area contributed by atoms with Crippen LogP contribution in [0.2, 0.25) is 0 Å². The lowest BCUT2D eigenvalue weighted by Gasteiger charge is -2.15. The molecule has 98 valence electrons. The van der Waals surface area contributed by atoms with E-state index in [9.17, 15) is 0 Å². The molecule has 0 spiro atoms. The Morgan fingerprint density at radius 1 is 1.22 bits per heavy atom. The Kier molecular flexibility index (Phi) is 5.59. The van der Waals surface area contributed by atoms with Crippen LogP contribution in [0.15, 0.2) is 30.5 Å². The van der Waals surface area contributed by atoms with Crippen molar-refractivity contribution in [2.45, 2.75) is 20.0 Å². The fourth-order valence-electron chi connectivity index (χ4n) is 1.72. The molecule has 0 bridgehead atoms. The maximum absolute atomic E-state index is 5.61. The fraction of sp³-hybridized carbons (Fsp3) is 0.308. The summed E-state index contributed by atoms with van der Waals surface area (Å²) < 4.78 is 0. The third kappa shape index (κ3) is 4.29. The first-order valence-corrected chi connectivity index (χ1v) is 6.39. The van der Waals surface area contributed by atoms with Crippen molar-refractivity contribution in [3.8, 4) is 0 Å². The summed E-state index contributed by atoms with van der Waals surface area (Å²) in [6.07, 6.45) is 1.85. The van der Waals surface area contributed by atoms with Gasteiger partial charge in [0.2, 0.25) is 0 Å². The molecule has 1 aromatic heterocycles. The first-order chi connectivity index (χ1) is 8.13. The predicted octanol–water partition coefficient (Wildman–Crippen LogP) is 3.09. The quantitative estimate of drug-likeness (QED) is 0.938. The van der Waals surface area contributed by atoms with E-state index in [2.05, 4.69) is 48.1 Å². The number of aromatic nitrogens is 1. The van der Waals surface area contributed by atoms with Crippen LogP contribution in [-0.4, -0.2) is 16.9 Å². The molecule has 0 saturated heterocycles. The molecule has 2 N–H and O–H groups in total. The van der Waals surface area contributed by atoms with Crippen molar-refractivity contribution in [2.75, 3.05) is 12.8 Å². The van der Waals surface area contributed by atoms with Crippen molar-refractivity contribution in [1.82, 2.24) is 9.88 Å². The van der Waals surface area contributed by atoms with E-state index in [1.807, 2.05) is 6.20 Å². The van der Waals surface area contributed by atoms with Gasteiger partial charge in [-0.3, -0.25) is 4.90 Å². The van der Waals surface area contributed by atoms with E-state index >= 15 is 0 Å². The Bertz CT molecular complexity index is 481. The van der Waals surface area contributed by atoms with Crippen molar-refractivity contribution >= 4 is 28.9 Å². The largest absolute Gasteiger partial charge is 0.375 e. The number of nitrogen functional groups attached to an aromatic ring is 1. The molecule has 0 fully saturated rings. The van der Waals surface area contributed by atoms with Gasteiger partial charge in [0, 0.05) is 24.2 Å². The van der Waals surface area contributed by atoms with Crippen molar-refractivity contribution in [3.63, 3.8) is 0 Å². The molecule has 0 atom stereocenters. The van der Waals surface area contributed by atoms with Gasteiger partial charge < -0.3 is 5.73 Å². The summed E-state index contributed by atoms with van der Waals surface area (Å²) >= 11 is 1.55. The van der Waals surface area contributed by atoms with Gasteiger partial charge in [-0.25, -0.2) is 4.98 Å². The minimum atomic E-state index is 0. The van der Waals surface area contributed by atoms with Crippen LogP contribution in [0, 0.1) is 6.92 Å². The summed E-state index contributed by atoms with van der Waals surface area (Å²) in [5.74, 6) is 0. The third-order valence-electron chi connectivity index (χ3n) is 2.57. The molecule has 1 aromatic carbocycles. The lowest BCUT2D eigenvalue weighted by Crippen LogP contribution is -2.16. The fourth-order valence-corrected chi connectivity index (χ4v) is 2.49. The van der Waals surface area contributed by atoms with Crippen molar-refractivity contribution in [1.29, 1.82) is 0 Å². The Hall–Kier alpha value is -1.10. The van der Waals surface area contributed by atoms with Crippen LogP contribution in [0.3, 0.4) is 0 Å². The van der Waals surface area contributed by atoms with Crippen LogP contribution in [0.1, 0.15) is 16.0 Å². The molecule has 0 unspecified atom stereocenters. The number of anilines is 1. The first kappa shape index (κ1) is 15.0. The zero-order chi connectivity index (χ0) is 12.3. The smallest absolute Gasteiger partial charge is 0.180 e. The van der Waals surface area contributed by atoms with Crippen LogP contribution in [0.25, 0.3) is 0 Å². The molecule has 3 nitrogen and oxygen atoms in total. The summed E-state index contributed by atoms with van der Waals surface area (Å²) in [6.45, 7) is 3.94. The SMILES string of the molecule is Cc1ccc(CN(C)Cc2cnc(N)s2)cc1.Cl. The standard InChI is InChI=1S/C13H17N3S.ClH/c1-10-3-5-11(6-4-10)8-16(2)9-12-7-15-13(14)17-12;/h3-7H,8-9H2,1-2H3,(H2,14,15);1H. The van der Waals surface area contributed by atoms with Gasteiger partial charge in [-0.05, 0) is 19.5 Å². The number of nitrogens with two attached hydrogens (primary N) is 1. The van der Waals surface area contributed by atoms with Crippen LogP contribution in [0.4, 0.5) is 5.13 Å². The van der Waals surface area contributed by atoms with E-state index in [1.54, 1.807) is 11.3 Å². The van der Waals surface area contributed by atoms with Crippen molar-refractivity contribution < 1.29 is 0 Å². The average molecular weight is 284 g/mol. The molecule has 2 aromatic rings. The van der Waals surface area contributed by atoms with Crippen LogP contribution in [-0.2, 0) is 13.1 Å². The monoisotopic (exact) mass is 283 g/mol. The van der Waals surface area contributed by atoms with Crippen molar-refractivity contribution in [3.05, 3.63) is 46.5 Å². The lowest BCUT2D eigenvalue weighted by atomic mass is 10.1. The van der Waals surface area contributed by atoms with E-state index < -0.39 is 0 Å². The van der Waals surface area contributed by atoms with E-state index in [4.69, 9.17) is 5.73 Å². The summed E-state index contributed by atoms with van der Waals surface area (Å²) in [5.41, 5.74) is 8.24. The van der Waals surface area contributed by atoms with Crippen LogP contribution in [0.5, 0.6) is 0 Å². The Morgan fingerprint density at radius 2 is 1.89 bits per heavy atom. The second-order valence-corrected chi connectivity index (χ2v) is 5.47. The highest BCUT2D eigenvalue weighted by Crippen LogP contribution is 2.17. The Balaban J connectivity index is 0.00000162. The molecule has 0 radical (unpaired) electrons. The number of hydrogen-bond acceptors (Lipinski definition) is 4. The number of halogens is 1. The summed E-state index contributed by atoms with van der Waals surface area (Å²) in [5, 5.41) is 0.642. The number of rotatable bonds is 4. The number of benzene rings is 1. The molecule has 0 aliphatic carbocycles. The summed E-state index contributed by atoms with van der Waals surface area (Å²) in [6, 6.07) is 8.64. The van der Waals surface area contributed by atoms with Gasteiger partial charge >= 0.3 is 0 Å².